The lowest BCUT2D eigenvalue weighted by molar-refractivity contribution is 0.277. The van der Waals surface area contributed by atoms with Gasteiger partial charge in [0.05, 0.1) is 13.2 Å². The molecular formula is C16H25FO2. The summed E-state index contributed by atoms with van der Waals surface area (Å²) < 4.78 is 18.9. The molecule has 0 saturated heterocycles. The molecule has 0 aliphatic heterocycles. The van der Waals surface area contributed by atoms with E-state index in [4.69, 9.17) is 9.84 Å². The summed E-state index contributed by atoms with van der Waals surface area (Å²) in [4.78, 5) is 0. The summed E-state index contributed by atoms with van der Waals surface area (Å²) in [5.74, 6) is -0.113. The molecule has 3 heteroatoms. The van der Waals surface area contributed by atoms with E-state index in [1.807, 2.05) is 0 Å². The molecule has 0 fully saturated rings. The molecule has 2 nitrogen and oxygen atoms in total. The molecule has 0 bridgehead atoms. The Morgan fingerprint density at radius 2 is 1.74 bits per heavy atom. The molecule has 0 atom stereocenters. The zero-order valence-corrected chi connectivity index (χ0v) is 11.8. The highest BCUT2D eigenvalue weighted by Crippen LogP contribution is 2.19. The highest BCUT2D eigenvalue weighted by molar-refractivity contribution is 5.28. The van der Waals surface area contributed by atoms with E-state index < -0.39 is 5.82 Å². The molecule has 0 amide bonds. The predicted molar refractivity (Wildman–Crippen MR) is 75.8 cm³/mol. The number of aliphatic hydroxyl groups is 1. The van der Waals surface area contributed by atoms with Crippen LogP contribution < -0.4 is 4.74 Å². The maximum Gasteiger partial charge on any atom is 0.165 e. The van der Waals surface area contributed by atoms with Gasteiger partial charge < -0.3 is 9.84 Å². The van der Waals surface area contributed by atoms with Crippen LogP contribution in [0.15, 0.2) is 18.2 Å². The normalized spacial score (nSPS) is 10.7. The Morgan fingerprint density at radius 1 is 1.05 bits per heavy atom. The third-order valence-electron chi connectivity index (χ3n) is 3.18. The van der Waals surface area contributed by atoms with E-state index in [1.54, 1.807) is 12.1 Å². The van der Waals surface area contributed by atoms with Crippen molar-refractivity contribution in [3.05, 3.63) is 29.6 Å². The van der Waals surface area contributed by atoms with E-state index in [1.165, 1.54) is 38.2 Å². The first kappa shape index (κ1) is 16.0. The second kappa shape index (κ2) is 9.79. The zero-order chi connectivity index (χ0) is 13.9. The van der Waals surface area contributed by atoms with E-state index in [9.17, 15) is 4.39 Å². The van der Waals surface area contributed by atoms with Gasteiger partial charge in [0.1, 0.15) is 0 Å². The Bertz CT molecular complexity index is 353. The Balaban J connectivity index is 2.12. The zero-order valence-electron chi connectivity index (χ0n) is 11.8. The minimum Gasteiger partial charge on any atom is -0.491 e. The van der Waals surface area contributed by atoms with Gasteiger partial charge >= 0.3 is 0 Å². The van der Waals surface area contributed by atoms with Gasteiger partial charge in [0.2, 0.25) is 0 Å². The first-order valence-electron chi connectivity index (χ1n) is 7.30. The molecule has 108 valence electrons. The molecule has 19 heavy (non-hydrogen) atoms. The van der Waals surface area contributed by atoms with Gasteiger partial charge in [-0.2, -0.15) is 0 Å². The molecule has 1 N–H and O–H groups in total. The largest absolute Gasteiger partial charge is 0.491 e. The van der Waals surface area contributed by atoms with Crippen molar-refractivity contribution < 1.29 is 14.2 Å². The van der Waals surface area contributed by atoms with E-state index in [-0.39, 0.29) is 12.4 Å². The van der Waals surface area contributed by atoms with Crippen LogP contribution in [0.3, 0.4) is 0 Å². The van der Waals surface area contributed by atoms with Crippen molar-refractivity contribution in [2.24, 2.45) is 0 Å². The maximum atomic E-state index is 13.5. The number of ether oxygens (including phenoxy) is 1. The average molecular weight is 268 g/mol. The molecule has 0 radical (unpaired) electrons. The Kier molecular flexibility index (Phi) is 8.23. The molecule has 0 aliphatic rings. The minimum absolute atomic E-state index is 0.144. The number of hydrogen-bond donors (Lipinski definition) is 1. The average Bonchev–Trinajstić information content (AvgIpc) is 2.43. The molecule has 0 aromatic heterocycles. The molecule has 0 spiro atoms. The molecule has 1 aromatic rings. The lowest BCUT2D eigenvalue weighted by atomic mass is 10.1. The summed E-state index contributed by atoms with van der Waals surface area (Å²) in [6, 6.07) is 4.59. The van der Waals surface area contributed by atoms with Crippen molar-refractivity contribution in [1.82, 2.24) is 0 Å². The molecule has 1 aromatic carbocycles. The van der Waals surface area contributed by atoms with Crippen molar-refractivity contribution in [2.75, 3.05) is 6.61 Å². The van der Waals surface area contributed by atoms with Crippen molar-refractivity contribution in [3.63, 3.8) is 0 Å². The fourth-order valence-corrected chi connectivity index (χ4v) is 2.00. The number of benzene rings is 1. The van der Waals surface area contributed by atoms with Crippen molar-refractivity contribution in [3.8, 4) is 5.75 Å². The molecule has 0 saturated carbocycles. The van der Waals surface area contributed by atoms with Crippen LogP contribution in [-0.4, -0.2) is 11.7 Å². The van der Waals surface area contributed by atoms with Gasteiger partial charge in [-0.1, -0.05) is 51.5 Å². The molecule has 0 heterocycles. The van der Waals surface area contributed by atoms with Crippen LogP contribution in [0.4, 0.5) is 4.39 Å². The van der Waals surface area contributed by atoms with Crippen LogP contribution in [0.2, 0.25) is 0 Å². The third kappa shape index (κ3) is 6.58. The Hall–Kier alpha value is -1.09. The highest BCUT2D eigenvalue weighted by Gasteiger charge is 2.04. The summed E-state index contributed by atoms with van der Waals surface area (Å²) in [5.41, 5.74) is 0.570. The van der Waals surface area contributed by atoms with E-state index in [2.05, 4.69) is 6.92 Å². The minimum atomic E-state index is -0.394. The number of halogens is 1. The first-order valence-corrected chi connectivity index (χ1v) is 7.30. The summed E-state index contributed by atoms with van der Waals surface area (Å²) in [7, 11) is 0. The molecular weight excluding hydrogens is 243 g/mol. The predicted octanol–water partition coefficient (Wildman–Crippen LogP) is 4.45. The van der Waals surface area contributed by atoms with Gasteiger partial charge in [0.15, 0.2) is 11.6 Å². The van der Waals surface area contributed by atoms with Gasteiger partial charge in [0, 0.05) is 0 Å². The topological polar surface area (TPSA) is 29.5 Å². The quantitative estimate of drug-likeness (QED) is 0.635. The number of hydrogen-bond acceptors (Lipinski definition) is 2. The van der Waals surface area contributed by atoms with E-state index >= 15 is 0 Å². The second-order valence-electron chi connectivity index (χ2n) is 4.89. The Morgan fingerprint density at radius 3 is 2.37 bits per heavy atom. The van der Waals surface area contributed by atoms with E-state index in [0.29, 0.717) is 12.2 Å². The fraction of sp³-hybridized carbons (Fsp3) is 0.625. The van der Waals surface area contributed by atoms with Crippen LogP contribution in [0.5, 0.6) is 5.75 Å². The highest BCUT2D eigenvalue weighted by atomic mass is 19.1. The summed E-state index contributed by atoms with van der Waals surface area (Å²) >= 11 is 0. The fourth-order valence-electron chi connectivity index (χ4n) is 2.00. The SMILES string of the molecule is CCCCCCCCCOc1ccc(CO)cc1F. The van der Waals surface area contributed by atoms with Gasteiger partial charge in [-0.3, -0.25) is 0 Å². The van der Waals surface area contributed by atoms with E-state index in [0.717, 1.165) is 12.8 Å². The molecule has 0 unspecified atom stereocenters. The summed E-state index contributed by atoms with van der Waals surface area (Å²) in [5, 5.41) is 8.88. The van der Waals surface area contributed by atoms with Crippen molar-refractivity contribution in [2.45, 2.75) is 58.5 Å². The third-order valence-corrected chi connectivity index (χ3v) is 3.18. The van der Waals surface area contributed by atoms with Crippen LogP contribution >= 0.6 is 0 Å². The van der Waals surface area contributed by atoms with Crippen LogP contribution in [0.1, 0.15) is 57.4 Å². The maximum absolute atomic E-state index is 13.5. The number of unbranched alkanes of at least 4 members (excludes halogenated alkanes) is 6. The molecule has 1 rings (SSSR count). The summed E-state index contributed by atoms with van der Waals surface area (Å²) in [6.07, 6.45) is 8.52. The monoisotopic (exact) mass is 268 g/mol. The lowest BCUT2D eigenvalue weighted by Crippen LogP contribution is -2.00. The van der Waals surface area contributed by atoms with Crippen LogP contribution in [0.25, 0.3) is 0 Å². The summed E-state index contributed by atoms with van der Waals surface area (Å²) in [6.45, 7) is 2.63. The number of rotatable bonds is 10. The van der Waals surface area contributed by atoms with Gasteiger partial charge in [-0.25, -0.2) is 4.39 Å². The Labute approximate surface area is 115 Å². The smallest absolute Gasteiger partial charge is 0.165 e. The van der Waals surface area contributed by atoms with Crippen molar-refractivity contribution >= 4 is 0 Å². The first-order chi connectivity index (χ1) is 9.27. The van der Waals surface area contributed by atoms with Gasteiger partial charge in [-0.05, 0) is 24.1 Å². The lowest BCUT2D eigenvalue weighted by Gasteiger charge is -2.08. The van der Waals surface area contributed by atoms with Gasteiger partial charge in [-0.15, -0.1) is 0 Å². The molecule has 0 aliphatic carbocycles. The van der Waals surface area contributed by atoms with Crippen LogP contribution in [0, 0.1) is 5.82 Å². The number of aliphatic hydroxyl groups excluding tert-OH is 1. The standard InChI is InChI=1S/C16H25FO2/c1-2-3-4-5-6-7-8-11-19-16-10-9-14(13-18)12-15(16)17/h9-10,12,18H,2-8,11,13H2,1H3. The second-order valence-corrected chi connectivity index (χ2v) is 4.89. The van der Waals surface area contributed by atoms with Crippen LogP contribution in [-0.2, 0) is 6.61 Å². The van der Waals surface area contributed by atoms with Crippen molar-refractivity contribution in [1.29, 1.82) is 0 Å². The van der Waals surface area contributed by atoms with Gasteiger partial charge in [0.25, 0.3) is 0 Å².